The molecule has 0 spiro atoms. The van der Waals surface area contributed by atoms with E-state index in [9.17, 15) is 0 Å². The molecule has 1 nitrogen and oxygen atoms in total. The van der Waals surface area contributed by atoms with Crippen molar-refractivity contribution in [1.29, 1.82) is 0 Å². The monoisotopic (exact) mass is 533 g/mol. The topological polar surface area (TPSA) is 12.4 Å². The van der Waals surface area contributed by atoms with Crippen molar-refractivity contribution in [2.75, 3.05) is 0 Å². The highest BCUT2D eigenvalue weighted by Gasteiger charge is 2.39. The van der Waals surface area contributed by atoms with E-state index in [1.807, 2.05) is 12.2 Å². The maximum atomic E-state index is 5.18. The molecule has 2 aliphatic carbocycles. The van der Waals surface area contributed by atoms with Crippen LogP contribution < -0.4 is 0 Å². The van der Waals surface area contributed by atoms with Gasteiger partial charge in [-0.1, -0.05) is 118 Å². The summed E-state index contributed by atoms with van der Waals surface area (Å²) < 4.78 is 0. The highest BCUT2D eigenvalue weighted by molar-refractivity contribution is 6.03. The molecule has 0 N–H and O–H groups in total. The molecule has 1 aliphatic heterocycles. The molecule has 204 valence electrons. The zero-order valence-corrected chi connectivity index (χ0v) is 24.4. The highest BCUT2D eigenvalue weighted by atomic mass is 14.8. The van der Waals surface area contributed by atoms with E-state index >= 15 is 0 Å². The summed E-state index contributed by atoms with van der Waals surface area (Å²) in [7, 11) is 0. The van der Waals surface area contributed by atoms with Gasteiger partial charge in [-0.15, -0.1) is 0 Å². The Morgan fingerprint density at radius 1 is 0.927 bits per heavy atom. The third-order valence-electron chi connectivity index (χ3n) is 8.99. The second-order valence-electron chi connectivity index (χ2n) is 11.6. The zero-order chi connectivity index (χ0) is 28.4. The van der Waals surface area contributed by atoms with Crippen LogP contribution in [0, 0.1) is 0 Å². The largest absolute Gasteiger partial charge is 0.257 e. The van der Waals surface area contributed by atoms with E-state index < -0.39 is 0 Å². The number of rotatable bonds is 8. The Labute approximate surface area is 245 Å². The van der Waals surface area contributed by atoms with Crippen LogP contribution in [0.2, 0.25) is 0 Å². The first-order valence-electron chi connectivity index (χ1n) is 15.0. The van der Waals surface area contributed by atoms with E-state index in [0.717, 1.165) is 49.7 Å². The summed E-state index contributed by atoms with van der Waals surface area (Å²) in [5.41, 5.74) is 15.4. The van der Waals surface area contributed by atoms with Crippen LogP contribution in [0.4, 0.5) is 0 Å². The molecule has 6 rings (SSSR count). The molecular weight excluding hydrogens is 494 g/mol. The third kappa shape index (κ3) is 4.95. The van der Waals surface area contributed by atoms with Crippen LogP contribution in [0.5, 0.6) is 0 Å². The lowest BCUT2D eigenvalue weighted by atomic mass is 9.75. The van der Waals surface area contributed by atoms with Crippen molar-refractivity contribution in [2.45, 2.75) is 57.8 Å². The average molecular weight is 534 g/mol. The lowest BCUT2D eigenvalue weighted by Gasteiger charge is -2.28. The van der Waals surface area contributed by atoms with Gasteiger partial charge in [-0.05, 0) is 106 Å². The normalized spacial score (nSPS) is 19.8. The van der Waals surface area contributed by atoms with Gasteiger partial charge in [0.2, 0.25) is 0 Å². The number of hydrogen-bond donors (Lipinski definition) is 0. The first-order chi connectivity index (χ1) is 20.1. The van der Waals surface area contributed by atoms with Gasteiger partial charge < -0.3 is 0 Å². The molecule has 0 fully saturated rings. The van der Waals surface area contributed by atoms with E-state index in [-0.39, 0.29) is 5.41 Å². The number of nitrogens with zero attached hydrogens (tertiary/aromatic N) is 1. The van der Waals surface area contributed by atoms with Crippen LogP contribution in [0.25, 0.3) is 22.8 Å². The highest BCUT2D eigenvalue weighted by Crippen LogP contribution is 2.52. The predicted octanol–water partition coefficient (Wildman–Crippen LogP) is 10.8. The number of hydrogen-bond acceptors (Lipinski definition) is 1. The van der Waals surface area contributed by atoms with Crippen LogP contribution in [-0.2, 0) is 5.41 Å². The van der Waals surface area contributed by atoms with E-state index in [2.05, 4.69) is 118 Å². The van der Waals surface area contributed by atoms with Crippen LogP contribution >= 0.6 is 0 Å². The van der Waals surface area contributed by atoms with Gasteiger partial charge in [-0.3, -0.25) is 4.99 Å². The van der Waals surface area contributed by atoms with Crippen molar-refractivity contribution < 1.29 is 0 Å². The van der Waals surface area contributed by atoms with Crippen molar-refractivity contribution in [3.8, 4) is 11.1 Å². The van der Waals surface area contributed by atoms with Crippen molar-refractivity contribution in [3.05, 3.63) is 155 Å². The summed E-state index contributed by atoms with van der Waals surface area (Å²) in [4.78, 5) is 5.18. The molecule has 0 amide bonds. The molecule has 41 heavy (non-hydrogen) atoms. The molecule has 0 saturated carbocycles. The fourth-order valence-corrected chi connectivity index (χ4v) is 6.92. The molecule has 1 heterocycles. The van der Waals surface area contributed by atoms with Gasteiger partial charge >= 0.3 is 0 Å². The molecule has 0 radical (unpaired) electrons. The molecular formula is C40H39N. The maximum Gasteiger partial charge on any atom is 0.0482 e. The molecule has 0 bridgehead atoms. The van der Waals surface area contributed by atoms with Crippen molar-refractivity contribution in [3.63, 3.8) is 0 Å². The number of benzene rings is 3. The van der Waals surface area contributed by atoms with Gasteiger partial charge in [0.15, 0.2) is 0 Å². The van der Waals surface area contributed by atoms with Crippen LogP contribution in [0.3, 0.4) is 0 Å². The summed E-state index contributed by atoms with van der Waals surface area (Å²) in [6, 6.07) is 24.7. The molecule has 1 atom stereocenters. The molecule has 0 saturated heterocycles. The second-order valence-corrected chi connectivity index (χ2v) is 11.6. The second kappa shape index (κ2) is 11.3. The van der Waals surface area contributed by atoms with Gasteiger partial charge in [0, 0.05) is 16.8 Å². The Morgan fingerprint density at radius 3 is 2.46 bits per heavy atom. The van der Waals surface area contributed by atoms with Gasteiger partial charge in [0.05, 0.1) is 0 Å². The molecule has 3 aliphatic rings. The quantitative estimate of drug-likeness (QED) is 0.202. The van der Waals surface area contributed by atoms with Crippen molar-refractivity contribution in [1.82, 2.24) is 0 Å². The Balaban J connectivity index is 1.46. The lowest BCUT2D eigenvalue weighted by molar-refractivity contribution is 0.524. The van der Waals surface area contributed by atoms with Crippen molar-refractivity contribution >= 4 is 17.4 Å². The zero-order valence-electron chi connectivity index (χ0n) is 24.4. The minimum absolute atomic E-state index is 0.0625. The van der Waals surface area contributed by atoms with Gasteiger partial charge in [-0.25, -0.2) is 0 Å². The van der Waals surface area contributed by atoms with E-state index in [1.165, 1.54) is 55.9 Å². The number of allylic oxidation sites excluding steroid dienone is 9. The first-order valence-corrected chi connectivity index (χ1v) is 15.0. The van der Waals surface area contributed by atoms with Crippen LogP contribution in [0.1, 0.15) is 80.2 Å². The van der Waals surface area contributed by atoms with Crippen molar-refractivity contribution in [2.24, 2.45) is 4.99 Å². The number of aliphatic imine (C=N–C) groups is 1. The molecule has 1 heteroatoms. The Bertz CT molecular complexity index is 1670. The average Bonchev–Trinajstić information content (AvgIpc) is 3.26. The SMILES string of the molecule is C=C/C=C(\C=C)C(=Cc1ccccc1)c1ccc2c(c1)C(C)(CCC)c1cc(C3=NC4=C(C=CCC4)CC3)ccc1-2. The molecule has 3 aromatic carbocycles. The minimum atomic E-state index is -0.0625. The van der Waals surface area contributed by atoms with Crippen LogP contribution in [0.15, 0.2) is 132 Å². The summed E-state index contributed by atoms with van der Waals surface area (Å²) >= 11 is 0. The van der Waals surface area contributed by atoms with Gasteiger partial charge in [0.25, 0.3) is 0 Å². The standard InChI is InChI=1S/C40H39N/c1-5-13-29(7-3)35(25-28-14-9-8-10-15-28)31-18-21-33-34-22-19-32(27-37(34)40(4,24-6-2)36(33)26-31)39-23-20-30-16-11-12-17-38(30)41-39/h5,7-11,13-16,18-19,21-22,25-27H,1,3,6,12,17,20,23-24H2,2,4H3/b29-13+,35-25?. The molecule has 1 unspecified atom stereocenters. The fourth-order valence-electron chi connectivity index (χ4n) is 6.92. The molecule has 0 aromatic heterocycles. The third-order valence-corrected chi connectivity index (χ3v) is 8.99. The van der Waals surface area contributed by atoms with Gasteiger partial charge in [0.1, 0.15) is 0 Å². The van der Waals surface area contributed by atoms with Gasteiger partial charge in [-0.2, -0.15) is 0 Å². The van der Waals surface area contributed by atoms with E-state index in [0.29, 0.717) is 0 Å². The number of fused-ring (bicyclic) bond motifs is 3. The fraction of sp³-hybridized carbons (Fsp3) is 0.225. The Kier molecular flexibility index (Phi) is 7.45. The van der Waals surface area contributed by atoms with Crippen LogP contribution in [-0.4, -0.2) is 5.71 Å². The Morgan fingerprint density at radius 2 is 1.71 bits per heavy atom. The van der Waals surface area contributed by atoms with E-state index in [1.54, 1.807) is 0 Å². The van der Waals surface area contributed by atoms with E-state index in [4.69, 9.17) is 4.99 Å². The predicted molar refractivity (Wildman–Crippen MR) is 177 cm³/mol. The Hall–Kier alpha value is -4.23. The lowest BCUT2D eigenvalue weighted by Crippen LogP contribution is -2.21. The smallest absolute Gasteiger partial charge is 0.0482 e. The minimum Gasteiger partial charge on any atom is -0.257 e. The summed E-state index contributed by atoms with van der Waals surface area (Å²) in [6.45, 7) is 12.8. The first kappa shape index (κ1) is 27.0. The summed E-state index contributed by atoms with van der Waals surface area (Å²) in [6.07, 6.45) is 19.2. The summed E-state index contributed by atoms with van der Waals surface area (Å²) in [5, 5.41) is 0. The summed E-state index contributed by atoms with van der Waals surface area (Å²) in [5.74, 6) is 0. The maximum absolute atomic E-state index is 5.18. The molecule has 3 aromatic rings.